The highest BCUT2D eigenvalue weighted by Gasteiger charge is 2.46. The number of rotatable bonds is 8. The first-order valence-corrected chi connectivity index (χ1v) is 12.2. The normalized spacial score (nSPS) is 20.1. The highest BCUT2D eigenvalue weighted by molar-refractivity contribution is 6.46. The standard InChI is InChI=1S/C28H29N3O6/c1-17-13-20-14-19(6-7-21(20)37-17)26(32)24-25(18-5-8-22(35-2)23(15-18)36-3)31(28(34)27(24)33)11-4-10-30-12-9-29-16-30/h5-9,12,14-17,25,32H,4,10-11,13H2,1-3H3/t17-,25-/m0/s1. The maximum Gasteiger partial charge on any atom is 0.295 e. The third-order valence-electron chi connectivity index (χ3n) is 6.81. The number of Topliss-reactive ketones (excluding diaryl/α,β-unsaturated/α-hetero) is 1. The first-order valence-electron chi connectivity index (χ1n) is 12.2. The molecular weight excluding hydrogens is 474 g/mol. The summed E-state index contributed by atoms with van der Waals surface area (Å²) in [5.41, 5.74) is 2.11. The van der Waals surface area contributed by atoms with Gasteiger partial charge in [-0.1, -0.05) is 6.07 Å². The Bertz CT molecular complexity index is 1360. The molecule has 3 aromatic rings. The van der Waals surface area contributed by atoms with Gasteiger partial charge >= 0.3 is 0 Å². The highest BCUT2D eigenvalue weighted by Crippen LogP contribution is 2.42. The van der Waals surface area contributed by atoms with Crippen molar-refractivity contribution in [3.8, 4) is 17.2 Å². The SMILES string of the molecule is COc1ccc([C@H]2C(=C(O)c3ccc4c(c3)C[C@H](C)O4)C(=O)C(=O)N2CCCn2ccnc2)cc1OC. The van der Waals surface area contributed by atoms with E-state index in [2.05, 4.69) is 4.98 Å². The summed E-state index contributed by atoms with van der Waals surface area (Å²) < 4.78 is 18.5. The molecule has 0 bridgehead atoms. The number of ether oxygens (including phenoxy) is 3. The molecule has 3 heterocycles. The number of likely N-dealkylation sites (tertiary alicyclic amines) is 1. The molecule has 37 heavy (non-hydrogen) atoms. The van der Waals surface area contributed by atoms with E-state index in [4.69, 9.17) is 14.2 Å². The summed E-state index contributed by atoms with van der Waals surface area (Å²) in [7, 11) is 3.06. The Kier molecular flexibility index (Phi) is 6.60. The Labute approximate surface area is 214 Å². The molecule has 1 aromatic heterocycles. The lowest BCUT2D eigenvalue weighted by molar-refractivity contribution is -0.139. The van der Waals surface area contributed by atoms with Crippen LogP contribution in [0.2, 0.25) is 0 Å². The molecule has 0 radical (unpaired) electrons. The molecule has 0 spiro atoms. The van der Waals surface area contributed by atoms with Crippen LogP contribution in [0, 0.1) is 0 Å². The molecule has 2 atom stereocenters. The van der Waals surface area contributed by atoms with Gasteiger partial charge in [0.25, 0.3) is 11.7 Å². The summed E-state index contributed by atoms with van der Waals surface area (Å²) in [4.78, 5) is 32.2. The van der Waals surface area contributed by atoms with E-state index in [9.17, 15) is 14.7 Å². The molecule has 0 unspecified atom stereocenters. The van der Waals surface area contributed by atoms with Crippen molar-refractivity contribution in [3.63, 3.8) is 0 Å². The van der Waals surface area contributed by atoms with Crippen LogP contribution >= 0.6 is 0 Å². The number of ketones is 1. The monoisotopic (exact) mass is 503 g/mol. The number of amides is 1. The van der Waals surface area contributed by atoms with Gasteiger partial charge in [-0.05, 0) is 54.8 Å². The molecule has 2 aliphatic rings. The Morgan fingerprint density at radius 1 is 1.11 bits per heavy atom. The van der Waals surface area contributed by atoms with E-state index in [1.807, 2.05) is 23.8 Å². The van der Waals surface area contributed by atoms with E-state index in [0.29, 0.717) is 48.6 Å². The lowest BCUT2D eigenvalue weighted by Gasteiger charge is -2.26. The second-order valence-electron chi connectivity index (χ2n) is 9.22. The number of carbonyl (C=O) groups is 2. The van der Waals surface area contributed by atoms with Crippen molar-refractivity contribution >= 4 is 17.4 Å². The molecule has 0 aliphatic carbocycles. The zero-order chi connectivity index (χ0) is 26.1. The Morgan fingerprint density at radius 3 is 2.65 bits per heavy atom. The molecular formula is C28H29N3O6. The smallest absolute Gasteiger partial charge is 0.295 e. The molecule has 1 amide bonds. The fraction of sp³-hybridized carbons (Fsp3) is 0.321. The van der Waals surface area contributed by atoms with Gasteiger partial charge in [0.2, 0.25) is 0 Å². The number of aromatic nitrogens is 2. The summed E-state index contributed by atoms with van der Waals surface area (Å²) in [6.45, 7) is 2.92. The molecule has 0 saturated carbocycles. The molecule has 2 aliphatic heterocycles. The summed E-state index contributed by atoms with van der Waals surface area (Å²) >= 11 is 0. The number of fused-ring (bicyclic) bond motifs is 1. The number of aliphatic hydroxyl groups excluding tert-OH is 1. The number of imidazole rings is 1. The van der Waals surface area contributed by atoms with Crippen molar-refractivity contribution in [2.75, 3.05) is 20.8 Å². The van der Waals surface area contributed by atoms with Crippen LogP contribution in [-0.4, -0.2) is 58.1 Å². The van der Waals surface area contributed by atoms with Crippen LogP contribution in [0.15, 0.2) is 60.7 Å². The summed E-state index contributed by atoms with van der Waals surface area (Å²) in [5.74, 6) is 0.178. The number of carbonyl (C=O) groups excluding carboxylic acids is 2. The second-order valence-corrected chi connectivity index (χ2v) is 9.22. The first kappa shape index (κ1) is 24.4. The number of methoxy groups -OCH3 is 2. The summed E-state index contributed by atoms with van der Waals surface area (Å²) in [5, 5.41) is 11.4. The van der Waals surface area contributed by atoms with Crippen LogP contribution in [0.3, 0.4) is 0 Å². The quantitative estimate of drug-likeness (QED) is 0.284. The van der Waals surface area contributed by atoms with Gasteiger partial charge in [0.05, 0.1) is 32.2 Å². The van der Waals surface area contributed by atoms with E-state index in [-0.39, 0.29) is 17.4 Å². The topological polar surface area (TPSA) is 103 Å². The lowest BCUT2D eigenvalue weighted by Crippen LogP contribution is -2.31. The van der Waals surface area contributed by atoms with Crippen LogP contribution in [0.4, 0.5) is 0 Å². The fourth-order valence-electron chi connectivity index (χ4n) is 5.05. The van der Waals surface area contributed by atoms with Crippen molar-refractivity contribution in [1.29, 1.82) is 0 Å². The van der Waals surface area contributed by atoms with Gasteiger partial charge in [-0.2, -0.15) is 0 Å². The third kappa shape index (κ3) is 4.52. The minimum Gasteiger partial charge on any atom is -0.507 e. The van der Waals surface area contributed by atoms with Crippen molar-refractivity contribution in [1.82, 2.24) is 14.5 Å². The van der Waals surface area contributed by atoms with E-state index in [1.165, 1.54) is 19.1 Å². The Hall–Kier alpha value is -4.27. The Morgan fingerprint density at radius 2 is 1.92 bits per heavy atom. The van der Waals surface area contributed by atoms with Crippen LogP contribution in [0.5, 0.6) is 17.2 Å². The van der Waals surface area contributed by atoms with Gasteiger partial charge < -0.3 is 28.8 Å². The fourth-order valence-corrected chi connectivity index (χ4v) is 5.05. The maximum atomic E-state index is 13.4. The average Bonchev–Trinajstić information content (AvgIpc) is 3.61. The number of aryl methyl sites for hydroxylation is 1. The predicted molar refractivity (Wildman–Crippen MR) is 136 cm³/mol. The van der Waals surface area contributed by atoms with Crippen LogP contribution < -0.4 is 14.2 Å². The Balaban J connectivity index is 1.56. The largest absolute Gasteiger partial charge is 0.507 e. The number of hydrogen-bond donors (Lipinski definition) is 1. The van der Waals surface area contributed by atoms with Crippen molar-refractivity contribution in [3.05, 3.63) is 77.4 Å². The van der Waals surface area contributed by atoms with Gasteiger partial charge in [0, 0.05) is 37.5 Å². The molecule has 2 aromatic carbocycles. The number of nitrogens with zero attached hydrogens (tertiary/aromatic N) is 3. The first-order chi connectivity index (χ1) is 17.9. The van der Waals surface area contributed by atoms with Crippen molar-refractivity contribution in [2.45, 2.75) is 38.5 Å². The van der Waals surface area contributed by atoms with Crippen LogP contribution in [0.1, 0.15) is 36.1 Å². The van der Waals surface area contributed by atoms with E-state index >= 15 is 0 Å². The molecule has 5 rings (SSSR count). The molecule has 9 nitrogen and oxygen atoms in total. The van der Waals surface area contributed by atoms with Gasteiger partial charge in [0.15, 0.2) is 11.5 Å². The zero-order valence-corrected chi connectivity index (χ0v) is 21.0. The van der Waals surface area contributed by atoms with Crippen LogP contribution in [0.25, 0.3) is 5.76 Å². The molecule has 1 N–H and O–H groups in total. The van der Waals surface area contributed by atoms with E-state index in [1.54, 1.807) is 42.9 Å². The minimum atomic E-state index is -0.786. The predicted octanol–water partition coefficient (Wildman–Crippen LogP) is 3.74. The molecule has 192 valence electrons. The number of hydrogen-bond acceptors (Lipinski definition) is 7. The zero-order valence-electron chi connectivity index (χ0n) is 21.0. The van der Waals surface area contributed by atoms with E-state index < -0.39 is 17.7 Å². The maximum absolute atomic E-state index is 13.4. The average molecular weight is 504 g/mol. The van der Waals surface area contributed by atoms with E-state index in [0.717, 1.165) is 11.3 Å². The van der Waals surface area contributed by atoms with Gasteiger partial charge in [-0.25, -0.2) is 4.98 Å². The molecule has 1 saturated heterocycles. The minimum absolute atomic E-state index is 0.0419. The summed E-state index contributed by atoms with van der Waals surface area (Å²) in [6.07, 6.45) is 6.59. The van der Waals surface area contributed by atoms with Gasteiger partial charge in [-0.15, -0.1) is 0 Å². The number of aliphatic hydroxyl groups is 1. The molecule has 1 fully saturated rings. The van der Waals surface area contributed by atoms with Gasteiger partial charge in [0.1, 0.15) is 17.6 Å². The van der Waals surface area contributed by atoms with Crippen molar-refractivity contribution < 1.29 is 28.9 Å². The van der Waals surface area contributed by atoms with Crippen LogP contribution in [-0.2, 0) is 22.6 Å². The highest BCUT2D eigenvalue weighted by atomic mass is 16.5. The summed E-state index contributed by atoms with van der Waals surface area (Å²) in [6, 6.07) is 9.80. The van der Waals surface area contributed by atoms with Gasteiger partial charge in [-0.3, -0.25) is 9.59 Å². The third-order valence-corrected chi connectivity index (χ3v) is 6.81. The molecule has 9 heteroatoms. The number of benzene rings is 2. The van der Waals surface area contributed by atoms with Crippen molar-refractivity contribution in [2.24, 2.45) is 0 Å². The second kappa shape index (κ2) is 10.0. The lowest BCUT2D eigenvalue weighted by atomic mass is 9.94.